The first-order chi connectivity index (χ1) is 8.36. The minimum absolute atomic E-state index is 0.122. The van der Waals surface area contributed by atoms with Crippen LogP contribution in [0.2, 0.25) is 0 Å². The van der Waals surface area contributed by atoms with Crippen LogP contribution in [0.1, 0.15) is 29.3 Å². The maximum atomic E-state index is 11.7. The molecular weight excluding hydrogens is 254 g/mol. The number of benzene rings is 1. The lowest BCUT2D eigenvalue weighted by atomic mass is 10.1. The summed E-state index contributed by atoms with van der Waals surface area (Å²) in [4.78, 5) is 10.7. The predicted octanol–water partition coefficient (Wildman–Crippen LogP) is 1.56. The minimum Gasteiger partial charge on any atom is -0.478 e. The van der Waals surface area contributed by atoms with Crippen LogP contribution in [0.3, 0.4) is 0 Å². The number of nitrogens with zero attached hydrogens (tertiary/aromatic N) is 1. The first kappa shape index (κ1) is 14.7. The Hall–Kier alpha value is -1.40. The lowest BCUT2D eigenvalue weighted by Crippen LogP contribution is -2.28. The summed E-state index contributed by atoms with van der Waals surface area (Å²) < 4.78 is 24.8. The van der Waals surface area contributed by atoms with Crippen molar-refractivity contribution in [1.82, 2.24) is 4.31 Å². The van der Waals surface area contributed by atoms with Crippen LogP contribution in [0.15, 0.2) is 24.3 Å². The maximum Gasteiger partial charge on any atom is 0.335 e. The second-order valence-corrected chi connectivity index (χ2v) is 6.27. The Morgan fingerprint density at radius 3 is 2.28 bits per heavy atom. The van der Waals surface area contributed by atoms with Crippen molar-refractivity contribution < 1.29 is 18.3 Å². The van der Waals surface area contributed by atoms with Crippen molar-refractivity contribution in [3.8, 4) is 0 Å². The lowest BCUT2D eigenvalue weighted by Gasteiger charge is -2.16. The van der Waals surface area contributed by atoms with Gasteiger partial charge in [0.15, 0.2) is 0 Å². The summed E-state index contributed by atoms with van der Waals surface area (Å²) in [5.74, 6) is -0.870. The van der Waals surface area contributed by atoms with Gasteiger partial charge in [0.2, 0.25) is 10.0 Å². The summed E-state index contributed by atoms with van der Waals surface area (Å²) in [6.45, 7) is 2.06. The third-order valence-electron chi connectivity index (χ3n) is 2.54. The molecule has 0 amide bonds. The smallest absolute Gasteiger partial charge is 0.335 e. The Labute approximate surface area is 107 Å². The molecule has 0 unspecified atom stereocenters. The Morgan fingerprint density at radius 2 is 1.83 bits per heavy atom. The van der Waals surface area contributed by atoms with Crippen molar-refractivity contribution in [3.63, 3.8) is 0 Å². The lowest BCUT2D eigenvalue weighted by molar-refractivity contribution is 0.0697. The number of hydrogen-bond donors (Lipinski definition) is 1. The molecule has 0 atom stereocenters. The van der Waals surface area contributed by atoms with Crippen molar-refractivity contribution in [1.29, 1.82) is 0 Å². The number of rotatable bonds is 6. The molecule has 0 aliphatic carbocycles. The molecule has 0 bridgehead atoms. The van der Waals surface area contributed by atoms with Gasteiger partial charge in [-0.15, -0.1) is 0 Å². The highest BCUT2D eigenvalue weighted by Crippen LogP contribution is 2.10. The van der Waals surface area contributed by atoms with E-state index in [1.165, 1.54) is 23.5 Å². The summed E-state index contributed by atoms with van der Waals surface area (Å²) in [7, 11) is -1.69. The summed E-state index contributed by atoms with van der Waals surface area (Å²) in [5.41, 5.74) is 0.958. The Morgan fingerprint density at radius 1 is 1.28 bits per heavy atom. The molecule has 18 heavy (non-hydrogen) atoms. The van der Waals surface area contributed by atoms with Gasteiger partial charge in [0.25, 0.3) is 0 Å². The quantitative estimate of drug-likeness (QED) is 0.852. The molecule has 5 nitrogen and oxygen atoms in total. The fourth-order valence-corrected chi connectivity index (χ4v) is 2.70. The number of carboxylic acid groups (broad SMARTS) is 1. The third kappa shape index (κ3) is 3.82. The molecule has 0 fully saturated rings. The van der Waals surface area contributed by atoms with E-state index in [1.807, 2.05) is 6.92 Å². The van der Waals surface area contributed by atoms with E-state index in [1.54, 1.807) is 12.1 Å². The first-order valence-electron chi connectivity index (χ1n) is 5.63. The van der Waals surface area contributed by atoms with Crippen molar-refractivity contribution in [2.24, 2.45) is 0 Å². The maximum absolute atomic E-state index is 11.7. The van der Waals surface area contributed by atoms with E-state index in [0.717, 1.165) is 5.56 Å². The van der Waals surface area contributed by atoms with Crippen molar-refractivity contribution >= 4 is 16.0 Å². The van der Waals surface area contributed by atoms with Crippen molar-refractivity contribution in [2.75, 3.05) is 12.8 Å². The number of carbonyl (C=O) groups is 1. The average molecular weight is 271 g/mol. The van der Waals surface area contributed by atoms with Gasteiger partial charge in [0.05, 0.1) is 11.3 Å². The van der Waals surface area contributed by atoms with Crippen LogP contribution in [0, 0.1) is 0 Å². The van der Waals surface area contributed by atoms with Crippen molar-refractivity contribution in [2.45, 2.75) is 19.9 Å². The molecule has 0 radical (unpaired) electrons. The molecule has 1 aromatic rings. The first-order valence-corrected chi connectivity index (χ1v) is 7.24. The Bertz CT molecular complexity index is 507. The fraction of sp³-hybridized carbons (Fsp3) is 0.417. The van der Waals surface area contributed by atoms with Gasteiger partial charge >= 0.3 is 5.97 Å². The van der Waals surface area contributed by atoms with Crippen LogP contribution >= 0.6 is 0 Å². The van der Waals surface area contributed by atoms with Gasteiger partial charge in [-0.2, -0.15) is 0 Å². The number of carboxylic acids is 1. The van der Waals surface area contributed by atoms with Gasteiger partial charge < -0.3 is 5.11 Å². The fourth-order valence-electron chi connectivity index (χ4n) is 1.52. The van der Waals surface area contributed by atoms with E-state index in [2.05, 4.69) is 0 Å². The van der Waals surface area contributed by atoms with Crippen LogP contribution in [-0.4, -0.2) is 36.6 Å². The molecule has 1 aromatic carbocycles. The second kappa shape index (κ2) is 5.97. The summed E-state index contributed by atoms with van der Waals surface area (Å²) in [6, 6.07) is 6.19. The molecule has 0 aromatic heterocycles. The standard InChI is InChI=1S/C12H17NO4S/c1-3-8-18(16,17)13(2)9-10-4-6-11(7-5-10)12(14)15/h4-7H,3,8-9H2,1-2H3,(H,14,15). The monoisotopic (exact) mass is 271 g/mol. The molecule has 0 saturated carbocycles. The summed E-state index contributed by atoms with van der Waals surface area (Å²) >= 11 is 0. The van der Waals surface area contributed by atoms with Gasteiger partial charge in [-0.1, -0.05) is 19.1 Å². The van der Waals surface area contributed by atoms with Gasteiger partial charge in [-0.05, 0) is 24.1 Å². The molecule has 1 rings (SSSR count). The zero-order valence-corrected chi connectivity index (χ0v) is 11.3. The van der Waals surface area contributed by atoms with Crippen LogP contribution in [0.25, 0.3) is 0 Å². The van der Waals surface area contributed by atoms with E-state index in [-0.39, 0.29) is 17.9 Å². The second-order valence-electron chi connectivity index (χ2n) is 4.07. The molecule has 0 heterocycles. The molecule has 0 aliphatic heterocycles. The summed E-state index contributed by atoms with van der Waals surface area (Å²) in [6.07, 6.45) is 0.574. The van der Waals surface area contributed by atoms with Crippen LogP contribution in [-0.2, 0) is 16.6 Å². The minimum atomic E-state index is -3.22. The number of aromatic carboxylic acids is 1. The molecule has 0 spiro atoms. The van der Waals surface area contributed by atoms with Crippen LogP contribution in [0.4, 0.5) is 0 Å². The molecule has 6 heteroatoms. The molecular formula is C12H17NO4S. The normalized spacial score (nSPS) is 11.7. The van der Waals surface area contributed by atoms with Gasteiger partial charge in [0, 0.05) is 13.6 Å². The van der Waals surface area contributed by atoms with Crippen LogP contribution in [0.5, 0.6) is 0 Å². The zero-order valence-electron chi connectivity index (χ0n) is 10.5. The highest BCUT2D eigenvalue weighted by Gasteiger charge is 2.16. The SMILES string of the molecule is CCCS(=O)(=O)N(C)Cc1ccc(C(=O)O)cc1. The van der Waals surface area contributed by atoms with Gasteiger partial charge in [0.1, 0.15) is 0 Å². The highest BCUT2D eigenvalue weighted by molar-refractivity contribution is 7.89. The summed E-state index contributed by atoms with van der Waals surface area (Å²) in [5, 5.41) is 8.75. The molecule has 100 valence electrons. The van der Waals surface area contributed by atoms with Crippen molar-refractivity contribution in [3.05, 3.63) is 35.4 Å². The molecule has 0 saturated heterocycles. The number of sulfonamides is 1. The number of hydrogen-bond acceptors (Lipinski definition) is 3. The van der Waals surface area contributed by atoms with E-state index < -0.39 is 16.0 Å². The molecule has 1 N–H and O–H groups in total. The molecule has 0 aliphatic rings. The topological polar surface area (TPSA) is 74.7 Å². The Kier molecular flexibility index (Phi) is 4.86. The van der Waals surface area contributed by atoms with Crippen LogP contribution < -0.4 is 0 Å². The van der Waals surface area contributed by atoms with E-state index in [9.17, 15) is 13.2 Å². The van der Waals surface area contributed by atoms with E-state index in [0.29, 0.717) is 6.42 Å². The Balaban J connectivity index is 2.76. The van der Waals surface area contributed by atoms with E-state index >= 15 is 0 Å². The zero-order chi connectivity index (χ0) is 13.8. The van der Waals surface area contributed by atoms with E-state index in [4.69, 9.17) is 5.11 Å². The predicted molar refractivity (Wildman–Crippen MR) is 68.9 cm³/mol. The average Bonchev–Trinajstić information content (AvgIpc) is 2.29. The largest absolute Gasteiger partial charge is 0.478 e. The third-order valence-corrected chi connectivity index (χ3v) is 4.55. The van der Waals surface area contributed by atoms with Gasteiger partial charge in [-0.3, -0.25) is 0 Å². The highest BCUT2D eigenvalue weighted by atomic mass is 32.2. The van der Waals surface area contributed by atoms with Gasteiger partial charge in [-0.25, -0.2) is 17.5 Å².